The first kappa shape index (κ1) is 12.4. The quantitative estimate of drug-likeness (QED) is 0.488. The summed E-state index contributed by atoms with van der Waals surface area (Å²) >= 11 is 5.81. The smallest absolute Gasteiger partial charge is 0.258 e. The van der Waals surface area contributed by atoms with Gasteiger partial charge in [0.15, 0.2) is 5.82 Å². The van der Waals surface area contributed by atoms with E-state index < -0.39 is 10.7 Å². The molecule has 6 nitrogen and oxygen atoms in total. The van der Waals surface area contributed by atoms with Crippen LogP contribution in [0.2, 0.25) is 0 Å². The van der Waals surface area contributed by atoms with Crippen LogP contribution in [0.15, 0.2) is 24.4 Å². The number of rotatable bonds is 3. The first-order valence-corrected chi connectivity index (χ1v) is 5.43. The third-order valence-corrected chi connectivity index (χ3v) is 2.53. The van der Waals surface area contributed by atoms with Gasteiger partial charge in [-0.25, -0.2) is 9.07 Å². The van der Waals surface area contributed by atoms with Crippen molar-refractivity contribution >= 4 is 17.3 Å². The normalized spacial score (nSPS) is 12.4. The molecule has 0 amide bonds. The van der Waals surface area contributed by atoms with E-state index in [2.05, 4.69) is 10.3 Å². The van der Waals surface area contributed by atoms with E-state index in [0.717, 1.165) is 6.07 Å². The van der Waals surface area contributed by atoms with E-state index in [1.807, 2.05) is 0 Å². The lowest BCUT2D eigenvalue weighted by Gasteiger charge is -2.01. The van der Waals surface area contributed by atoms with Gasteiger partial charge in [-0.05, 0) is 13.0 Å². The van der Waals surface area contributed by atoms with Crippen LogP contribution in [0.5, 0.6) is 0 Å². The van der Waals surface area contributed by atoms with Crippen LogP contribution in [0.4, 0.5) is 10.1 Å². The molecule has 0 aliphatic rings. The fourth-order valence-electron chi connectivity index (χ4n) is 1.37. The molecule has 94 valence electrons. The van der Waals surface area contributed by atoms with E-state index in [0.29, 0.717) is 5.69 Å². The highest BCUT2D eigenvalue weighted by Gasteiger charge is 2.14. The Bertz CT molecular complexity index is 599. The van der Waals surface area contributed by atoms with Gasteiger partial charge in [0.25, 0.3) is 5.69 Å². The maximum atomic E-state index is 13.7. The number of alkyl halides is 1. The van der Waals surface area contributed by atoms with E-state index in [1.165, 1.54) is 23.0 Å². The number of hydrogen-bond acceptors (Lipinski definition) is 4. The molecule has 0 saturated heterocycles. The molecular weight excluding hydrogens is 263 g/mol. The summed E-state index contributed by atoms with van der Waals surface area (Å²) in [5.41, 5.74) is 0.258. The SMILES string of the molecule is CC(Cl)c1cn(-c2ccc([N+](=O)[O-])cc2F)nn1. The van der Waals surface area contributed by atoms with Gasteiger partial charge in [0.05, 0.1) is 22.6 Å². The van der Waals surface area contributed by atoms with Crippen molar-refractivity contribution in [2.75, 3.05) is 0 Å². The molecule has 0 spiro atoms. The molecule has 2 rings (SSSR count). The zero-order valence-electron chi connectivity index (χ0n) is 9.25. The summed E-state index contributed by atoms with van der Waals surface area (Å²) in [4.78, 5) is 9.81. The number of hydrogen-bond donors (Lipinski definition) is 0. The van der Waals surface area contributed by atoms with Gasteiger partial charge < -0.3 is 0 Å². The van der Waals surface area contributed by atoms with Gasteiger partial charge in [-0.1, -0.05) is 5.21 Å². The number of nitro benzene ring substituents is 1. The van der Waals surface area contributed by atoms with Crippen LogP contribution in [-0.2, 0) is 0 Å². The second-order valence-electron chi connectivity index (χ2n) is 3.60. The Balaban J connectivity index is 2.41. The van der Waals surface area contributed by atoms with Crippen LogP contribution >= 0.6 is 11.6 Å². The zero-order valence-corrected chi connectivity index (χ0v) is 10.0. The molecule has 1 heterocycles. The van der Waals surface area contributed by atoms with E-state index >= 15 is 0 Å². The minimum atomic E-state index is -0.747. The summed E-state index contributed by atoms with van der Waals surface area (Å²) in [7, 11) is 0. The monoisotopic (exact) mass is 270 g/mol. The lowest BCUT2D eigenvalue weighted by Crippen LogP contribution is -1.99. The highest BCUT2D eigenvalue weighted by molar-refractivity contribution is 6.20. The third kappa shape index (κ3) is 2.30. The molecule has 18 heavy (non-hydrogen) atoms. The van der Waals surface area contributed by atoms with Gasteiger partial charge in [-0.15, -0.1) is 16.7 Å². The first-order valence-electron chi connectivity index (χ1n) is 4.99. The molecule has 0 fully saturated rings. The molecule has 1 aromatic carbocycles. The summed E-state index contributed by atoms with van der Waals surface area (Å²) in [6.07, 6.45) is 1.47. The standard InChI is InChI=1S/C10H8ClFN4O2/c1-6(11)9-5-15(14-13-9)10-3-2-7(16(17)18)4-8(10)12/h2-6H,1H3. The minimum absolute atomic E-state index is 0.0802. The van der Waals surface area contributed by atoms with Crippen molar-refractivity contribution < 1.29 is 9.31 Å². The van der Waals surface area contributed by atoms with Gasteiger partial charge in [-0.3, -0.25) is 10.1 Å². The van der Waals surface area contributed by atoms with Crippen molar-refractivity contribution in [2.24, 2.45) is 0 Å². The van der Waals surface area contributed by atoms with E-state index in [-0.39, 0.29) is 16.8 Å². The van der Waals surface area contributed by atoms with Crippen LogP contribution in [0.1, 0.15) is 18.0 Å². The Morgan fingerprint density at radius 2 is 2.28 bits per heavy atom. The molecule has 0 aliphatic carbocycles. The van der Waals surface area contributed by atoms with Crippen molar-refractivity contribution in [1.82, 2.24) is 15.0 Å². The maximum absolute atomic E-state index is 13.7. The van der Waals surface area contributed by atoms with Crippen molar-refractivity contribution in [2.45, 2.75) is 12.3 Å². The molecule has 2 aromatic rings. The Kier molecular flexibility index (Phi) is 3.24. The molecule has 1 atom stereocenters. The summed E-state index contributed by atoms with van der Waals surface area (Å²) in [6, 6.07) is 3.30. The molecule has 1 aromatic heterocycles. The van der Waals surface area contributed by atoms with Gasteiger partial charge in [0.1, 0.15) is 11.4 Å². The van der Waals surface area contributed by atoms with Crippen molar-refractivity contribution in [3.8, 4) is 5.69 Å². The predicted molar refractivity (Wildman–Crippen MR) is 62.2 cm³/mol. The number of aromatic nitrogens is 3. The van der Waals surface area contributed by atoms with Gasteiger partial charge >= 0.3 is 0 Å². The highest BCUT2D eigenvalue weighted by Crippen LogP contribution is 2.21. The second kappa shape index (κ2) is 4.69. The van der Waals surface area contributed by atoms with E-state index in [4.69, 9.17) is 11.6 Å². The Labute approximate surface area is 106 Å². The van der Waals surface area contributed by atoms with Crippen molar-refractivity contribution in [3.05, 3.63) is 46.0 Å². The summed E-state index contributed by atoms with van der Waals surface area (Å²) in [6.45, 7) is 1.71. The molecular formula is C10H8ClFN4O2. The Hall–Kier alpha value is -2.02. The van der Waals surface area contributed by atoms with Crippen LogP contribution in [-0.4, -0.2) is 19.9 Å². The van der Waals surface area contributed by atoms with Crippen molar-refractivity contribution in [3.63, 3.8) is 0 Å². The molecule has 0 bridgehead atoms. The van der Waals surface area contributed by atoms with E-state index in [1.54, 1.807) is 6.92 Å². The fraction of sp³-hybridized carbons (Fsp3) is 0.200. The van der Waals surface area contributed by atoms with Crippen molar-refractivity contribution in [1.29, 1.82) is 0 Å². The van der Waals surface area contributed by atoms with Crippen LogP contribution in [0, 0.1) is 15.9 Å². The Morgan fingerprint density at radius 3 is 2.78 bits per heavy atom. The number of non-ortho nitro benzene ring substituents is 1. The molecule has 0 aliphatic heterocycles. The second-order valence-corrected chi connectivity index (χ2v) is 4.25. The first-order chi connectivity index (χ1) is 8.49. The number of benzene rings is 1. The van der Waals surface area contributed by atoms with Gasteiger partial charge in [0, 0.05) is 6.07 Å². The molecule has 1 unspecified atom stereocenters. The molecule has 0 N–H and O–H groups in total. The van der Waals surface area contributed by atoms with Gasteiger partial charge in [0.2, 0.25) is 0 Å². The molecule has 8 heteroatoms. The maximum Gasteiger partial charge on any atom is 0.272 e. The highest BCUT2D eigenvalue weighted by atomic mass is 35.5. The Morgan fingerprint density at radius 1 is 1.56 bits per heavy atom. The fourth-order valence-corrected chi connectivity index (χ4v) is 1.47. The average molecular weight is 271 g/mol. The number of nitrogens with zero attached hydrogens (tertiary/aromatic N) is 4. The lowest BCUT2D eigenvalue weighted by molar-refractivity contribution is -0.385. The van der Waals surface area contributed by atoms with Crippen LogP contribution in [0.3, 0.4) is 0 Å². The topological polar surface area (TPSA) is 73.8 Å². The summed E-state index contributed by atoms with van der Waals surface area (Å²) in [5.74, 6) is -0.747. The largest absolute Gasteiger partial charge is 0.272 e. The minimum Gasteiger partial charge on any atom is -0.258 e. The van der Waals surface area contributed by atoms with Crippen LogP contribution < -0.4 is 0 Å². The number of nitro groups is 1. The third-order valence-electron chi connectivity index (χ3n) is 2.31. The average Bonchev–Trinajstić information content (AvgIpc) is 2.78. The summed E-state index contributed by atoms with van der Waals surface area (Å²) < 4.78 is 14.9. The zero-order chi connectivity index (χ0) is 13.3. The summed E-state index contributed by atoms with van der Waals surface area (Å²) in [5, 5.41) is 17.6. The van der Waals surface area contributed by atoms with E-state index in [9.17, 15) is 14.5 Å². The predicted octanol–water partition coefficient (Wildman–Crippen LogP) is 2.61. The number of halogens is 2. The van der Waals surface area contributed by atoms with Crippen LogP contribution in [0.25, 0.3) is 5.69 Å². The lowest BCUT2D eigenvalue weighted by atomic mass is 10.2. The molecule has 0 saturated carbocycles. The molecule has 0 radical (unpaired) electrons. The van der Waals surface area contributed by atoms with Gasteiger partial charge in [-0.2, -0.15) is 0 Å².